The number of carbonyl (C=O) groups is 3. The highest BCUT2D eigenvalue weighted by atomic mass is 16.6. The van der Waals surface area contributed by atoms with Crippen LogP contribution >= 0.6 is 0 Å². The largest absolute Gasteiger partial charge is 0.462 e. The smallest absolute Gasteiger partial charge is 0.306 e. The van der Waals surface area contributed by atoms with Crippen molar-refractivity contribution < 1.29 is 28.6 Å². The molecular formula is C77H146O6. The van der Waals surface area contributed by atoms with Gasteiger partial charge in [0.2, 0.25) is 0 Å². The first kappa shape index (κ1) is 80.9. The van der Waals surface area contributed by atoms with Gasteiger partial charge in [0.25, 0.3) is 0 Å². The normalized spacial score (nSPS) is 12.1. The van der Waals surface area contributed by atoms with Crippen LogP contribution in [0.5, 0.6) is 0 Å². The zero-order valence-corrected chi connectivity index (χ0v) is 56.5. The summed E-state index contributed by atoms with van der Waals surface area (Å²) in [6.07, 6.45) is 89.4. The maximum Gasteiger partial charge on any atom is 0.306 e. The maximum absolute atomic E-state index is 13.0. The molecule has 1 atom stereocenters. The van der Waals surface area contributed by atoms with E-state index in [4.69, 9.17) is 14.2 Å². The van der Waals surface area contributed by atoms with Crippen LogP contribution in [-0.4, -0.2) is 37.2 Å². The Kier molecular flexibility index (Phi) is 70.5. The molecule has 0 spiro atoms. The first-order chi connectivity index (χ1) is 41.0. The molecule has 83 heavy (non-hydrogen) atoms. The molecular weight excluding hydrogens is 1020 g/mol. The Labute approximate surface area is 519 Å². The molecule has 490 valence electrons. The number of hydrogen-bond acceptors (Lipinski definition) is 6. The molecule has 0 radical (unpaired) electrons. The summed E-state index contributed by atoms with van der Waals surface area (Å²) in [7, 11) is 0. The third-order valence-electron chi connectivity index (χ3n) is 17.5. The summed E-state index contributed by atoms with van der Waals surface area (Å²) >= 11 is 0. The summed E-state index contributed by atoms with van der Waals surface area (Å²) in [5, 5.41) is 0. The van der Waals surface area contributed by atoms with E-state index in [0.29, 0.717) is 19.3 Å². The van der Waals surface area contributed by atoms with Crippen LogP contribution in [0.3, 0.4) is 0 Å². The predicted octanol–water partition coefficient (Wildman–Crippen LogP) is 26.1. The highest BCUT2D eigenvalue weighted by molar-refractivity contribution is 5.71. The lowest BCUT2D eigenvalue weighted by Crippen LogP contribution is -2.30. The monoisotopic (exact) mass is 1170 g/mol. The van der Waals surface area contributed by atoms with Crippen LogP contribution in [0.15, 0.2) is 24.3 Å². The van der Waals surface area contributed by atoms with E-state index < -0.39 is 6.10 Å². The number of hydrogen-bond donors (Lipinski definition) is 0. The molecule has 0 aliphatic carbocycles. The van der Waals surface area contributed by atoms with E-state index in [9.17, 15) is 14.4 Å². The Balaban J connectivity index is 4.22. The molecule has 0 aromatic carbocycles. The first-order valence-corrected chi connectivity index (χ1v) is 37.8. The Morgan fingerprint density at radius 1 is 0.241 bits per heavy atom. The van der Waals surface area contributed by atoms with Gasteiger partial charge >= 0.3 is 17.9 Å². The van der Waals surface area contributed by atoms with Gasteiger partial charge in [-0.3, -0.25) is 14.4 Å². The molecule has 6 heteroatoms. The fraction of sp³-hybridized carbons (Fsp3) is 0.909. The summed E-state index contributed by atoms with van der Waals surface area (Å²) in [5.74, 6) is -0.847. The van der Waals surface area contributed by atoms with Gasteiger partial charge in [-0.15, -0.1) is 0 Å². The van der Waals surface area contributed by atoms with Gasteiger partial charge in [-0.25, -0.2) is 0 Å². The van der Waals surface area contributed by atoms with Crippen LogP contribution in [0.4, 0.5) is 0 Å². The lowest BCUT2D eigenvalue weighted by atomic mass is 10.0. The minimum absolute atomic E-state index is 0.0690. The maximum atomic E-state index is 13.0. The average molecular weight is 1170 g/mol. The van der Waals surface area contributed by atoms with Crippen molar-refractivity contribution in [2.75, 3.05) is 13.2 Å². The molecule has 0 bridgehead atoms. The minimum atomic E-state index is -0.775. The average Bonchev–Trinajstić information content (AvgIpc) is 3.49. The predicted molar refractivity (Wildman–Crippen MR) is 363 cm³/mol. The van der Waals surface area contributed by atoms with Gasteiger partial charge in [0.1, 0.15) is 13.2 Å². The second kappa shape index (κ2) is 72.4. The highest BCUT2D eigenvalue weighted by Crippen LogP contribution is 2.20. The van der Waals surface area contributed by atoms with Crippen molar-refractivity contribution in [2.45, 2.75) is 438 Å². The van der Waals surface area contributed by atoms with Crippen molar-refractivity contribution in [3.63, 3.8) is 0 Å². The molecule has 0 saturated heterocycles. The summed E-state index contributed by atoms with van der Waals surface area (Å²) in [4.78, 5) is 38.5. The van der Waals surface area contributed by atoms with Crippen LogP contribution in [0.25, 0.3) is 0 Å². The highest BCUT2D eigenvalue weighted by Gasteiger charge is 2.20. The molecule has 0 aromatic heterocycles. The van der Waals surface area contributed by atoms with E-state index in [2.05, 4.69) is 45.1 Å². The number of unbranched alkanes of at least 4 members (excludes halogenated alkanes) is 56. The fourth-order valence-corrected chi connectivity index (χ4v) is 11.8. The van der Waals surface area contributed by atoms with Crippen LogP contribution in [0.1, 0.15) is 432 Å². The van der Waals surface area contributed by atoms with Crippen molar-refractivity contribution in [3.05, 3.63) is 24.3 Å². The number of allylic oxidation sites excluding steroid dienone is 4. The number of esters is 3. The lowest BCUT2D eigenvalue weighted by Gasteiger charge is -2.18. The first-order valence-electron chi connectivity index (χ1n) is 37.8. The van der Waals surface area contributed by atoms with Crippen LogP contribution in [-0.2, 0) is 28.6 Å². The molecule has 0 N–H and O–H groups in total. The van der Waals surface area contributed by atoms with Gasteiger partial charge in [0.05, 0.1) is 0 Å². The standard InChI is InChI=1S/C77H146O6/c1-4-7-10-13-16-19-22-25-28-30-32-34-36-37-38-39-41-42-44-46-49-52-55-58-61-64-67-70-76(79)82-73-74(72-81-75(78)69-66-63-60-57-54-51-48-27-24-21-18-15-12-9-6-3)83-77(80)71-68-65-62-59-56-53-50-47-45-43-40-35-33-31-29-26-23-20-17-14-11-8-5-2/h18,21,27,48,74H,4-17,19-20,22-26,28-47,49-73H2,1-3H3/b21-18-,48-27-. The summed E-state index contributed by atoms with van der Waals surface area (Å²) in [6.45, 7) is 6.70. The summed E-state index contributed by atoms with van der Waals surface area (Å²) in [5.41, 5.74) is 0. The third-order valence-corrected chi connectivity index (χ3v) is 17.5. The van der Waals surface area contributed by atoms with Crippen LogP contribution < -0.4 is 0 Å². The third kappa shape index (κ3) is 70.5. The van der Waals surface area contributed by atoms with Gasteiger partial charge in [-0.1, -0.05) is 385 Å². The van der Waals surface area contributed by atoms with Crippen LogP contribution in [0, 0.1) is 0 Å². The quantitative estimate of drug-likeness (QED) is 0.0261. The Hall–Kier alpha value is -2.11. The lowest BCUT2D eigenvalue weighted by molar-refractivity contribution is -0.167. The molecule has 0 heterocycles. The van der Waals surface area contributed by atoms with E-state index in [1.54, 1.807) is 0 Å². The second-order valence-electron chi connectivity index (χ2n) is 25.9. The molecule has 0 fully saturated rings. The van der Waals surface area contributed by atoms with Gasteiger partial charge in [0.15, 0.2) is 6.10 Å². The number of carbonyl (C=O) groups excluding carboxylic acids is 3. The molecule has 6 nitrogen and oxygen atoms in total. The van der Waals surface area contributed by atoms with Crippen molar-refractivity contribution in [1.82, 2.24) is 0 Å². The number of ether oxygens (including phenoxy) is 3. The molecule has 0 saturated carbocycles. The summed E-state index contributed by atoms with van der Waals surface area (Å²) in [6, 6.07) is 0. The molecule has 1 unspecified atom stereocenters. The zero-order chi connectivity index (χ0) is 59.9. The van der Waals surface area contributed by atoms with Gasteiger partial charge in [0, 0.05) is 19.3 Å². The molecule has 0 aromatic rings. The van der Waals surface area contributed by atoms with Crippen molar-refractivity contribution in [1.29, 1.82) is 0 Å². The molecule has 0 aliphatic rings. The SMILES string of the molecule is CCCCC/C=C\C/C=C\CCCCCCCC(=O)OCC(COC(=O)CCCCCCCCCCCCCCCCCCCCCCCCCCCCC)OC(=O)CCCCCCCCCCCCCCCCCCCCCCCCC. The van der Waals surface area contributed by atoms with E-state index in [1.165, 1.54) is 315 Å². The van der Waals surface area contributed by atoms with E-state index in [1.807, 2.05) is 0 Å². The Morgan fingerprint density at radius 3 is 0.687 bits per heavy atom. The molecule has 0 aliphatic heterocycles. The van der Waals surface area contributed by atoms with E-state index in [0.717, 1.165) is 77.0 Å². The second-order valence-corrected chi connectivity index (χ2v) is 25.9. The number of rotatable bonds is 71. The molecule has 0 amide bonds. The van der Waals surface area contributed by atoms with Crippen LogP contribution in [0.2, 0.25) is 0 Å². The topological polar surface area (TPSA) is 78.9 Å². The Bertz CT molecular complexity index is 1340. The van der Waals surface area contributed by atoms with Crippen molar-refractivity contribution in [2.24, 2.45) is 0 Å². The Morgan fingerprint density at radius 2 is 0.434 bits per heavy atom. The van der Waals surface area contributed by atoms with Gasteiger partial charge < -0.3 is 14.2 Å². The van der Waals surface area contributed by atoms with Crippen molar-refractivity contribution in [3.8, 4) is 0 Å². The summed E-state index contributed by atoms with van der Waals surface area (Å²) < 4.78 is 17.0. The zero-order valence-electron chi connectivity index (χ0n) is 56.5. The van der Waals surface area contributed by atoms with Gasteiger partial charge in [-0.2, -0.15) is 0 Å². The minimum Gasteiger partial charge on any atom is -0.462 e. The van der Waals surface area contributed by atoms with Gasteiger partial charge in [-0.05, 0) is 51.4 Å². The van der Waals surface area contributed by atoms with Crippen molar-refractivity contribution >= 4 is 17.9 Å². The molecule has 0 rings (SSSR count). The van der Waals surface area contributed by atoms with E-state index in [-0.39, 0.29) is 31.1 Å². The van der Waals surface area contributed by atoms with E-state index >= 15 is 0 Å². The fourth-order valence-electron chi connectivity index (χ4n) is 11.8.